The topological polar surface area (TPSA) is 102 Å². The van der Waals surface area contributed by atoms with E-state index >= 15 is 0 Å². The second kappa shape index (κ2) is 7.04. The summed E-state index contributed by atoms with van der Waals surface area (Å²) in [6.07, 6.45) is 0. The van der Waals surface area contributed by atoms with Crippen LogP contribution in [0.4, 0.5) is 0 Å². The number of carbonyl (C=O) groups excluding carboxylic acids is 1. The van der Waals surface area contributed by atoms with Gasteiger partial charge in [0.1, 0.15) is 9.88 Å². The number of aryl methyl sites for hydroxylation is 1. The summed E-state index contributed by atoms with van der Waals surface area (Å²) in [5.74, 6) is -0.202. The molecular formula is C16H15N3O3S3. The summed E-state index contributed by atoms with van der Waals surface area (Å²) in [6, 6.07) is 8.05. The molecule has 9 heteroatoms. The summed E-state index contributed by atoms with van der Waals surface area (Å²) < 4.78 is 22.5. The molecule has 0 saturated carbocycles. The average molecular weight is 394 g/mol. The van der Waals surface area contributed by atoms with Crippen molar-refractivity contribution in [2.24, 2.45) is 5.14 Å². The van der Waals surface area contributed by atoms with E-state index in [9.17, 15) is 13.2 Å². The van der Waals surface area contributed by atoms with Crippen molar-refractivity contribution in [2.75, 3.05) is 0 Å². The van der Waals surface area contributed by atoms with Gasteiger partial charge in [0.25, 0.3) is 5.91 Å². The summed E-state index contributed by atoms with van der Waals surface area (Å²) in [5.41, 5.74) is 2.48. The molecule has 130 valence electrons. The minimum absolute atomic E-state index is 0.0429. The molecule has 0 saturated heterocycles. The van der Waals surface area contributed by atoms with E-state index in [2.05, 4.69) is 10.3 Å². The van der Waals surface area contributed by atoms with Gasteiger partial charge in [0.05, 0.1) is 10.6 Å². The van der Waals surface area contributed by atoms with Gasteiger partial charge in [0, 0.05) is 17.5 Å². The van der Waals surface area contributed by atoms with Crippen molar-refractivity contribution in [3.63, 3.8) is 0 Å². The first-order valence-corrected chi connectivity index (χ1v) is 10.5. The Morgan fingerprint density at radius 1 is 1.24 bits per heavy atom. The lowest BCUT2D eigenvalue weighted by Crippen LogP contribution is -2.22. The second-order valence-corrected chi connectivity index (χ2v) is 8.66. The molecule has 0 radical (unpaired) electrons. The Morgan fingerprint density at radius 2 is 1.96 bits per heavy atom. The number of nitrogens with zero attached hydrogens (tertiary/aromatic N) is 1. The van der Waals surface area contributed by atoms with Crippen LogP contribution in [0.2, 0.25) is 0 Å². The lowest BCUT2D eigenvalue weighted by molar-refractivity contribution is 0.0954. The predicted octanol–water partition coefficient (Wildman–Crippen LogP) is 2.76. The largest absolute Gasteiger partial charge is 0.347 e. The van der Waals surface area contributed by atoms with Gasteiger partial charge >= 0.3 is 0 Å². The molecule has 1 aromatic carbocycles. The fourth-order valence-corrected chi connectivity index (χ4v) is 4.39. The normalized spacial score (nSPS) is 11.4. The van der Waals surface area contributed by atoms with Crippen LogP contribution in [0.3, 0.4) is 0 Å². The molecule has 1 amide bonds. The van der Waals surface area contributed by atoms with Gasteiger partial charge in [-0.3, -0.25) is 4.79 Å². The van der Waals surface area contributed by atoms with E-state index in [1.54, 1.807) is 23.5 Å². The number of thiophene rings is 1. The summed E-state index contributed by atoms with van der Waals surface area (Å²) in [6.45, 7) is 2.09. The lowest BCUT2D eigenvalue weighted by Gasteiger charge is -2.05. The van der Waals surface area contributed by atoms with Crippen molar-refractivity contribution >= 4 is 38.6 Å². The number of amides is 1. The molecule has 0 bridgehead atoms. The molecule has 3 N–H and O–H groups in total. The number of aromatic nitrogens is 1. The van der Waals surface area contributed by atoms with Crippen LogP contribution in [-0.4, -0.2) is 19.3 Å². The molecule has 0 unspecified atom stereocenters. The molecule has 0 atom stereocenters. The first-order chi connectivity index (χ1) is 11.8. The van der Waals surface area contributed by atoms with Gasteiger partial charge in [-0.25, -0.2) is 18.5 Å². The number of benzene rings is 1. The minimum atomic E-state index is -3.71. The lowest BCUT2D eigenvalue weighted by atomic mass is 10.2. The Labute approximate surface area is 153 Å². The molecule has 0 aliphatic carbocycles. The smallest absolute Gasteiger partial charge is 0.263 e. The molecule has 6 nitrogen and oxygen atoms in total. The highest BCUT2D eigenvalue weighted by atomic mass is 32.2. The van der Waals surface area contributed by atoms with E-state index in [4.69, 9.17) is 5.14 Å². The molecule has 3 rings (SSSR count). The number of hydrogen-bond acceptors (Lipinski definition) is 6. The molecule has 2 aromatic heterocycles. The highest BCUT2D eigenvalue weighted by molar-refractivity contribution is 7.89. The van der Waals surface area contributed by atoms with Gasteiger partial charge in [0.15, 0.2) is 0 Å². The Kier molecular flexibility index (Phi) is 5.00. The van der Waals surface area contributed by atoms with Crippen molar-refractivity contribution in [3.05, 3.63) is 57.2 Å². The third-order valence-electron chi connectivity index (χ3n) is 3.48. The van der Waals surface area contributed by atoms with Crippen molar-refractivity contribution in [1.82, 2.24) is 10.3 Å². The molecule has 0 aliphatic heterocycles. The van der Waals surface area contributed by atoms with Crippen LogP contribution in [0.5, 0.6) is 0 Å². The van der Waals surface area contributed by atoms with Crippen LogP contribution >= 0.6 is 22.7 Å². The van der Waals surface area contributed by atoms with Crippen molar-refractivity contribution in [2.45, 2.75) is 18.4 Å². The molecular weight excluding hydrogens is 378 g/mol. The Morgan fingerprint density at radius 3 is 2.56 bits per heavy atom. The second-order valence-electron chi connectivity index (χ2n) is 5.32. The number of thiazole rings is 1. The highest BCUT2D eigenvalue weighted by Gasteiger charge is 2.16. The third kappa shape index (κ3) is 4.13. The summed E-state index contributed by atoms with van der Waals surface area (Å²) in [4.78, 5) is 17.5. The Hall–Kier alpha value is -2.07. The first-order valence-electron chi connectivity index (χ1n) is 7.24. The van der Waals surface area contributed by atoms with Crippen LogP contribution in [0.25, 0.3) is 10.6 Å². The Bertz CT molecular complexity index is 991. The molecule has 0 fully saturated rings. The van der Waals surface area contributed by atoms with Gasteiger partial charge in [-0.1, -0.05) is 12.1 Å². The fourth-order valence-electron chi connectivity index (χ4n) is 2.18. The van der Waals surface area contributed by atoms with E-state index < -0.39 is 10.0 Å². The van der Waals surface area contributed by atoms with E-state index in [0.717, 1.165) is 16.1 Å². The number of sulfonamides is 1. The number of carbonyl (C=O) groups is 1. The van der Waals surface area contributed by atoms with E-state index in [-0.39, 0.29) is 17.3 Å². The minimum Gasteiger partial charge on any atom is -0.347 e. The summed E-state index contributed by atoms with van der Waals surface area (Å²) in [7, 11) is -3.71. The first kappa shape index (κ1) is 17.7. The van der Waals surface area contributed by atoms with Gasteiger partial charge in [-0.15, -0.1) is 11.3 Å². The highest BCUT2D eigenvalue weighted by Crippen LogP contribution is 2.29. The number of nitrogens with one attached hydrogen (secondary N) is 1. The predicted molar refractivity (Wildman–Crippen MR) is 99.1 cm³/mol. The standard InChI is InChI=1S/C16H15N3O3S3/c1-10-14(24-16(19-10)12-6-7-23-9-12)15(20)18-8-11-2-4-13(5-3-11)25(17,21)22/h2-7,9H,8H2,1H3,(H,18,20)(H2,17,21,22). The quantitative estimate of drug-likeness (QED) is 0.696. The van der Waals surface area contributed by atoms with E-state index in [0.29, 0.717) is 10.6 Å². The van der Waals surface area contributed by atoms with Crippen molar-refractivity contribution in [1.29, 1.82) is 0 Å². The maximum atomic E-state index is 12.4. The maximum Gasteiger partial charge on any atom is 0.263 e. The van der Waals surface area contributed by atoms with Crippen molar-refractivity contribution in [3.8, 4) is 10.6 Å². The molecule has 2 heterocycles. The fraction of sp³-hybridized carbons (Fsp3) is 0.125. The van der Waals surface area contributed by atoms with Crippen molar-refractivity contribution < 1.29 is 13.2 Å². The van der Waals surface area contributed by atoms with Crippen LogP contribution in [-0.2, 0) is 16.6 Å². The molecule has 25 heavy (non-hydrogen) atoms. The molecule has 0 spiro atoms. The Balaban J connectivity index is 1.69. The number of rotatable bonds is 5. The van der Waals surface area contributed by atoms with E-state index in [1.807, 2.05) is 23.8 Å². The monoisotopic (exact) mass is 393 g/mol. The summed E-state index contributed by atoms with van der Waals surface area (Å²) >= 11 is 2.94. The van der Waals surface area contributed by atoms with Gasteiger partial charge < -0.3 is 5.32 Å². The number of nitrogens with two attached hydrogens (primary N) is 1. The van der Waals surface area contributed by atoms with Gasteiger partial charge in [-0.2, -0.15) is 11.3 Å². The van der Waals surface area contributed by atoms with Gasteiger partial charge in [0.2, 0.25) is 10.0 Å². The van der Waals surface area contributed by atoms with Crippen LogP contribution in [0.15, 0.2) is 46.0 Å². The van der Waals surface area contributed by atoms with E-state index in [1.165, 1.54) is 23.5 Å². The number of primary sulfonamides is 1. The zero-order valence-corrected chi connectivity index (χ0v) is 15.7. The SMILES string of the molecule is Cc1nc(-c2ccsc2)sc1C(=O)NCc1ccc(S(N)(=O)=O)cc1. The molecule has 0 aliphatic rings. The summed E-state index contributed by atoms with van der Waals surface area (Å²) in [5, 5.41) is 12.7. The van der Waals surface area contributed by atoms with Crippen LogP contribution < -0.4 is 10.5 Å². The average Bonchev–Trinajstić information content (AvgIpc) is 3.21. The third-order valence-corrected chi connectivity index (χ3v) is 6.29. The van der Waals surface area contributed by atoms with Crippen LogP contribution in [0.1, 0.15) is 20.9 Å². The van der Waals surface area contributed by atoms with Gasteiger partial charge in [-0.05, 0) is 36.1 Å². The molecule has 3 aromatic rings. The number of hydrogen-bond donors (Lipinski definition) is 2. The zero-order valence-electron chi connectivity index (χ0n) is 13.2. The zero-order chi connectivity index (χ0) is 18.0. The van der Waals surface area contributed by atoms with Crippen LogP contribution in [0, 0.1) is 6.92 Å². The maximum absolute atomic E-state index is 12.4.